The number of aryl methyl sites for hydroxylation is 1. The highest BCUT2D eigenvalue weighted by molar-refractivity contribution is 5.90. The third-order valence-electron chi connectivity index (χ3n) is 2.69. The molecular weight excluding hydrogens is 275 g/mol. The monoisotopic (exact) mass is 283 g/mol. The van der Waals surface area contributed by atoms with E-state index in [1.165, 1.54) is 6.33 Å². The van der Waals surface area contributed by atoms with E-state index in [1.807, 2.05) is 0 Å². The van der Waals surface area contributed by atoms with Crippen molar-refractivity contribution >= 4 is 11.0 Å². The van der Waals surface area contributed by atoms with E-state index in [1.54, 1.807) is 12.4 Å². The zero-order valence-corrected chi connectivity index (χ0v) is 9.98. The second kappa shape index (κ2) is 4.58. The van der Waals surface area contributed by atoms with Crippen LogP contribution in [0.1, 0.15) is 12.2 Å². The lowest BCUT2D eigenvalue weighted by Gasteiger charge is -2.01. The molecule has 3 aromatic rings. The van der Waals surface area contributed by atoms with E-state index in [4.69, 9.17) is 4.52 Å². The van der Waals surface area contributed by atoms with E-state index in [2.05, 4.69) is 25.1 Å². The Hall–Kier alpha value is -2.45. The molecule has 0 aliphatic heterocycles. The number of rotatable bonds is 3. The topological polar surface area (TPSA) is 80.5 Å². The van der Waals surface area contributed by atoms with E-state index < -0.39 is 12.6 Å². The first-order valence-corrected chi connectivity index (χ1v) is 5.70. The number of aromatic nitrogens is 5. The SMILES string of the molecule is FC(F)(F)CCc1noc(-c2c[nH]c3ncncc23)n1. The molecule has 0 amide bonds. The van der Waals surface area contributed by atoms with Gasteiger partial charge in [0.15, 0.2) is 5.82 Å². The molecule has 0 radical (unpaired) electrons. The third kappa shape index (κ3) is 2.46. The van der Waals surface area contributed by atoms with E-state index in [-0.39, 0.29) is 18.1 Å². The lowest BCUT2D eigenvalue weighted by Crippen LogP contribution is -2.09. The van der Waals surface area contributed by atoms with Crippen molar-refractivity contribution in [2.24, 2.45) is 0 Å². The van der Waals surface area contributed by atoms with Crippen molar-refractivity contribution in [1.29, 1.82) is 0 Å². The van der Waals surface area contributed by atoms with Gasteiger partial charge in [-0.3, -0.25) is 0 Å². The van der Waals surface area contributed by atoms with E-state index >= 15 is 0 Å². The molecule has 9 heteroatoms. The quantitative estimate of drug-likeness (QED) is 0.798. The van der Waals surface area contributed by atoms with Crippen LogP contribution in [0.25, 0.3) is 22.5 Å². The summed E-state index contributed by atoms with van der Waals surface area (Å²) in [4.78, 5) is 14.7. The van der Waals surface area contributed by atoms with Crippen LogP contribution in [-0.4, -0.2) is 31.3 Å². The number of hydrogen-bond donors (Lipinski definition) is 1. The van der Waals surface area contributed by atoms with Crippen LogP contribution >= 0.6 is 0 Å². The summed E-state index contributed by atoms with van der Waals surface area (Å²) in [5.41, 5.74) is 1.15. The number of nitrogens with zero attached hydrogens (tertiary/aromatic N) is 4. The molecule has 6 nitrogen and oxygen atoms in total. The summed E-state index contributed by atoms with van der Waals surface area (Å²) >= 11 is 0. The maximum atomic E-state index is 12.1. The highest BCUT2D eigenvalue weighted by Gasteiger charge is 2.27. The van der Waals surface area contributed by atoms with E-state index in [9.17, 15) is 13.2 Å². The number of aromatic amines is 1. The molecule has 0 fully saturated rings. The van der Waals surface area contributed by atoms with Crippen molar-refractivity contribution in [2.45, 2.75) is 19.0 Å². The molecule has 0 unspecified atom stereocenters. The molecular formula is C11H8F3N5O. The Morgan fingerprint density at radius 2 is 2.15 bits per heavy atom. The van der Waals surface area contributed by atoms with Gasteiger partial charge in [-0.2, -0.15) is 18.2 Å². The van der Waals surface area contributed by atoms with Gasteiger partial charge >= 0.3 is 6.18 Å². The fourth-order valence-corrected chi connectivity index (χ4v) is 1.76. The van der Waals surface area contributed by atoms with E-state index in [0.29, 0.717) is 16.6 Å². The first-order chi connectivity index (χ1) is 9.53. The van der Waals surface area contributed by atoms with Gasteiger partial charge in [-0.15, -0.1) is 0 Å². The number of nitrogens with one attached hydrogen (secondary N) is 1. The molecule has 0 aromatic carbocycles. The van der Waals surface area contributed by atoms with Crippen LogP contribution in [0.5, 0.6) is 0 Å². The van der Waals surface area contributed by atoms with Crippen LogP contribution in [0, 0.1) is 0 Å². The van der Waals surface area contributed by atoms with Crippen molar-refractivity contribution in [1.82, 2.24) is 25.1 Å². The summed E-state index contributed by atoms with van der Waals surface area (Å²) < 4.78 is 41.3. The maximum absolute atomic E-state index is 12.1. The Balaban J connectivity index is 1.86. The number of hydrogen-bond acceptors (Lipinski definition) is 5. The Bertz CT molecular complexity index is 733. The summed E-state index contributed by atoms with van der Waals surface area (Å²) in [6, 6.07) is 0. The fraction of sp³-hybridized carbons (Fsp3) is 0.273. The molecule has 104 valence electrons. The van der Waals surface area contributed by atoms with E-state index in [0.717, 1.165) is 0 Å². The average molecular weight is 283 g/mol. The minimum absolute atomic E-state index is 0.0172. The van der Waals surface area contributed by atoms with Crippen molar-refractivity contribution in [3.8, 4) is 11.5 Å². The lowest BCUT2D eigenvalue weighted by molar-refractivity contribution is -0.134. The normalized spacial score (nSPS) is 12.2. The first-order valence-electron chi connectivity index (χ1n) is 5.70. The van der Waals surface area contributed by atoms with Crippen LogP contribution in [0.15, 0.2) is 23.2 Å². The molecule has 0 atom stereocenters. The molecule has 3 heterocycles. The second-order valence-electron chi connectivity index (χ2n) is 4.12. The molecule has 1 N–H and O–H groups in total. The largest absolute Gasteiger partial charge is 0.389 e. The van der Waals surface area contributed by atoms with Gasteiger partial charge < -0.3 is 9.51 Å². The van der Waals surface area contributed by atoms with Gasteiger partial charge in [-0.25, -0.2) is 9.97 Å². The Kier molecular flexibility index (Phi) is 2.88. The van der Waals surface area contributed by atoms with Crippen LogP contribution in [0.3, 0.4) is 0 Å². The predicted octanol–water partition coefficient (Wildman–Crippen LogP) is 2.50. The zero-order valence-electron chi connectivity index (χ0n) is 9.98. The van der Waals surface area contributed by atoms with Gasteiger partial charge in [-0.05, 0) is 0 Å². The number of fused-ring (bicyclic) bond motifs is 1. The Labute approximate surface area is 110 Å². The molecule has 0 bridgehead atoms. The lowest BCUT2D eigenvalue weighted by atomic mass is 10.2. The molecule has 0 aliphatic rings. The fourth-order valence-electron chi connectivity index (χ4n) is 1.76. The zero-order chi connectivity index (χ0) is 14.2. The van der Waals surface area contributed by atoms with Gasteiger partial charge in [-0.1, -0.05) is 5.16 Å². The maximum Gasteiger partial charge on any atom is 0.389 e. The predicted molar refractivity (Wildman–Crippen MR) is 61.6 cm³/mol. The van der Waals surface area contributed by atoms with Crippen LogP contribution < -0.4 is 0 Å². The molecule has 0 saturated carbocycles. The van der Waals surface area contributed by atoms with Crippen molar-refractivity contribution in [3.63, 3.8) is 0 Å². The number of alkyl halides is 3. The summed E-state index contributed by atoms with van der Waals surface area (Å²) in [5, 5.41) is 4.21. The van der Waals surface area contributed by atoms with Crippen molar-refractivity contribution in [2.75, 3.05) is 0 Å². The number of halogens is 3. The summed E-state index contributed by atoms with van der Waals surface area (Å²) in [6.07, 6.45) is -0.996. The second-order valence-corrected chi connectivity index (χ2v) is 4.12. The van der Waals surface area contributed by atoms with Gasteiger partial charge in [0.1, 0.15) is 12.0 Å². The molecule has 20 heavy (non-hydrogen) atoms. The minimum atomic E-state index is -4.24. The highest BCUT2D eigenvalue weighted by atomic mass is 19.4. The van der Waals surface area contributed by atoms with Gasteiger partial charge in [0.2, 0.25) is 0 Å². The molecule has 3 aromatic heterocycles. The standard InChI is InChI=1S/C11H8F3N5O/c12-11(13,14)2-1-8-18-10(20-19-8)7-4-16-9-6(7)3-15-5-17-9/h3-5H,1-2H2,(H,15,16,17). The number of H-pyrrole nitrogens is 1. The Morgan fingerprint density at radius 1 is 1.30 bits per heavy atom. The van der Waals surface area contributed by atoms with Crippen LogP contribution in [0.4, 0.5) is 13.2 Å². The highest BCUT2D eigenvalue weighted by Crippen LogP contribution is 2.26. The molecule has 3 rings (SSSR count). The average Bonchev–Trinajstić information content (AvgIpc) is 3.01. The molecule has 0 spiro atoms. The Morgan fingerprint density at radius 3 is 2.95 bits per heavy atom. The summed E-state index contributed by atoms with van der Waals surface area (Å²) in [5.74, 6) is 0.159. The van der Waals surface area contributed by atoms with Crippen LogP contribution in [-0.2, 0) is 6.42 Å². The molecule has 0 aliphatic carbocycles. The first kappa shape index (κ1) is 12.6. The van der Waals surface area contributed by atoms with Crippen LogP contribution in [0.2, 0.25) is 0 Å². The summed E-state index contributed by atoms with van der Waals surface area (Å²) in [6.45, 7) is 0. The van der Waals surface area contributed by atoms with Crippen molar-refractivity contribution in [3.05, 3.63) is 24.5 Å². The van der Waals surface area contributed by atoms with Crippen molar-refractivity contribution < 1.29 is 17.7 Å². The van der Waals surface area contributed by atoms with Gasteiger partial charge in [0.25, 0.3) is 5.89 Å². The minimum Gasteiger partial charge on any atom is -0.345 e. The smallest absolute Gasteiger partial charge is 0.345 e. The van der Waals surface area contributed by atoms with Gasteiger partial charge in [0.05, 0.1) is 12.0 Å². The molecule has 0 saturated heterocycles. The third-order valence-corrected chi connectivity index (χ3v) is 2.69. The van der Waals surface area contributed by atoms with Gasteiger partial charge in [0, 0.05) is 24.2 Å². The summed E-state index contributed by atoms with van der Waals surface area (Å²) in [7, 11) is 0.